The van der Waals surface area contributed by atoms with Crippen molar-refractivity contribution in [3.05, 3.63) is 46.0 Å². The van der Waals surface area contributed by atoms with Crippen LogP contribution in [0.1, 0.15) is 58.8 Å². The van der Waals surface area contributed by atoms with Gasteiger partial charge >= 0.3 is 5.97 Å². The Morgan fingerprint density at radius 2 is 1.87 bits per heavy atom. The van der Waals surface area contributed by atoms with E-state index in [0.29, 0.717) is 28.4 Å². The summed E-state index contributed by atoms with van der Waals surface area (Å²) in [6, 6.07) is 5.01. The number of nitrogens with one attached hydrogen (secondary N) is 1. The highest BCUT2D eigenvalue weighted by molar-refractivity contribution is 5.98. The maximum Gasteiger partial charge on any atom is 0.322 e. The van der Waals surface area contributed by atoms with Gasteiger partial charge in [0.05, 0.1) is 7.11 Å². The van der Waals surface area contributed by atoms with E-state index in [0.717, 1.165) is 36.0 Å². The number of fused-ring (bicyclic) bond motifs is 1. The van der Waals surface area contributed by atoms with Gasteiger partial charge in [-0.25, -0.2) is 0 Å². The Bertz CT molecular complexity index is 996. The van der Waals surface area contributed by atoms with Crippen molar-refractivity contribution in [2.24, 2.45) is 0 Å². The molecule has 1 aliphatic rings. The predicted molar refractivity (Wildman–Crippen MR) is 112 cm³/mol. The lowest BCUT2D eigenvalue weighted by atomic mass is 9.97. The minimum atomic E-state index is -1.09. The van der Waals surface area contributed by atoms with Crippen molar-refractivity contribution in [2.75, 3.05) is 13.7 Å². The van der Waals surface area contributed by atoms with Gasteiger partial charge < -0.3 is 25.0 Å². The highest BCUT2D eigenvalue weighted by atomic mass is 16.5. The molecular weight excluding hydrogens is 386 g/mol. The normalized spacial score (nSPS) is 12.6. The fraction of sp³-hybridized carbons (Fsp3) is 0.391. The average Bonchev–Trinajstić information content (AvgIpc) is 3.17. The first kappa shape index (κ1) is 21.5. The minimum absolute atomic E-state index is 0.0376. The number of carboxylic acid groups (broad SMARTS) is 1. The zero-order valence-electron chi connectivity index (χ0n) is 17.7. The van der Waals surface area contributed by atoms with Crippen molar-refractivity contribution < 1.29 is 29.3 Å². The molecule has 30 heavy (non-hydrogen) atoms. The fourth-order valence-electron chi connectivity index (χ4n) is 4.02. The van der Waals surface area contributed by atoms with Crippen molar-refractivity contribution in [3.63, 3.8) is 0 Å². The van der Waals surface area contributed by atoms with Crippen molar-refractivity contribution >= 4 is 11.9 Å². The highest BCUT2D eigenvalue weighted by Gasteiger charge is 2.27. The Morgan fingerprint density at radius 1 is 1.17 bits per heavy atom. The topological polar surface area (TPSA) is 105 Å². The van der Waals surface area contributed by atoms with Gasteiger partial charge in [0, 0.05) is 11.1 Å². The van der Waals surface area contributed by atoms with Crippen molar-refractivity contribution in [1.29, 1.82) is 0 Å². The van der Waals surface area contributed by atoms with Crippen molar-refractivity contribution in [3.8, 4) is 23.0 Å². The van der Waals surface area contributed by atoms with Crippen molar-refractivity contribution in [2.45, 2.75) is 46.0 Å². The van der Waals surface area contributed by atoms with E-state index in [4.69, 9.17) is 14.6 Å². The summed E-state index contributed by atoms with van der Waals surface area (Å²) in [7, 11) is 1.54. The number of aromatic hydroxyl groups is 1. The van der Waals surface area contributed by atoms with Gasteiger partial charge in [-0.15, -0.1) is 0 Å². The maximum atomic E-state index is 12.5. The third-order valence-corrected chi connectivity index (χ3v) is 5.31. The van der Waals surface area contributed by atoms with Gasteiger partial charge in [-0.05, 0) is 67.0 Å². The van der Waals surface area contributed by atoms with E-state index >= 15 is 0 Å². The Kier molecular flexibility index (Phi) is 6.20. The standard InChI is InChI=1S/C23H27NO6/c1-12(2)20-17(25)8-9-18(22(20)29-4)30-21-13(3)10-16(14-6-5-7-15(14)21)23(28)24-11-19(26)27/h8-10,12,25H,5-7,11H2,1-4H3,(H,24,28)(H,26,27). The molecule has 3 rings (SSSR count). The molecule has 7 nitrogen and oxygen atoms in total. The van der Waals surface area contributed by atoms with Crippen LogP contribution in [0.4, 0.5) is 0 Å². The van der Waals surface area contributed by atoms with E-state index in [1.54, 1.807) is 25.3 Å². The zero-order chi connectivity index (χ0) is 22.0. The Hall–Kier alpha value is -3.22. The molecule has 0 saturated carbocycles. The van der Waals surface area contributed by atoms with Gasteiger partial charge in [0.2, 0.25) is 0 Å². The second kappa shape index (κ2) is 8.65. The summed E-state index contributed by atoms with van der Waals surface area (Å²) in [5.41, 5.74) is 3.79. The van der Waals surface area contributed by atoms with Crippen LogP contribution in [0.15, 0.2) is 18.2 Å². The van der Waals surface area contributed by atoms with E-state index in [1.807, 2.05) is 20.8 Å². The number of ether oxygens (including phenoxy) is 2. The third kappa shape index (κ3) is 4.06. The smallest absolute Gasteiger partial charge is 0.322 e. The molecule has 0 fully saturated rings. The Balaban J connectivity index is 2.03. The number of carbonyl (C=O) groups is 2. The molecule has 0 spiro atoms. The third-order valence-electron chi connectivity index (χ3n) is 5.31. The second-order valence-corrected chi connectivity index (χ2v) is 7.74. The van der Waals surface area contributed by atoms with Crippen LogP contribution in [0.2, 0.25) is 0 Å². The molecule has 160 valence electrons. The number of carboxylic acids is 1. The molecule has 3 N–H and O–H groups in total. The number of aryl methyl sites for hydroxylation is 1. The van der Waals surface area contributed by atoms with Crippen LogP contribution < -0.4 is 14.8 Å². The molecule has 2 aromatic carbocycles. The maximum absolute atomic E-state index is 12.5. The van der Waals surface area contributed by atoms with Gasteiger partial charge in [-0.2, -0.15) is 0 Å². The first-order valence-electron chi connectivity index (χ1n) is 9.97. The number of amides is 1. The van der Waals surface area contributed by atoms with Crippen LogP contribution in [-0.2, 0) is 17.6 Å². The number of phenolic OH excluding ortho intramolecular Hbond substituents is 1. The quantitative estimate of drug-likeness (QED) is 0.635. The molecule has 0 radical (unpaired) electrons. The second-order valence-electron chi connectivity index (χ2n) is 7.74. The molecule has 0 saturated heterocycles. The molecule has 0 atom stereocenters. The van der Waals surface area contributed by atoms with Crippen LogP contribution >= 0.6 is 0 Å². The van der Waals surface area contributed by atoms with Gasteiger partial charge in [0.1, 0.15) is 18.0 Å². The number of phenols is 1. The number of rotatable bonds is 7. The summed E-state index contributed by atoms with van der Waals surface area (Å²) in [5, 5.41) is 21.5. The van der Waals surface area contributed by atoms with Gasteiger partial charge in [-0.3, -0.25) is 9.59 Å². The Morgan fingerprint density at radius 3 is 2.50 bits per heavy atom. The van der Waals surface area contributed by atoms with E-state index in [9.17, 15) is 14.7 Å². The summed E-state index contributed by atoms with van der Waals surface area (Å²) in [6.45, 7) is 5.37. The van der Waals surface area contributed by atoms with Crippen LogP contribution in [-0.4, -0.2) is 35.7 Å². The summed E-state index contributed by atoms with van der Waals surface area (Å²) in [4.78, 5) is 23.3. The lowest BCUT2D eigenvalue weighted by Gasteiger charge is -2.20. The van der Waals surface area contributed by atoms with Crippen molar-refractivity contribution in [1.82, 2.24) is 5.32 Å². The molecule has 0 heterocycles. The molecule has 1 aliphatic carbocycles. The number of hydrogen-bond acceptors (Lipinski definition) is 5. The minimum Gasteiger partial charge on any atom is -0.508 e. The molecule has 0 bridgehead atoms. The Labute approximate surface area is 175 Å². The molecule has 1 amide bonds. The predicted octanol–water partition coefficient (Wildman–Crippen LogP) is 3.93. The summed E-state index contributed by atoms with van der Waals surface area (Å²) in [5.74, 6) is 0.374. The largest absolute Gasteiger partial charge is 0.508 e. The van der Waals surface area contributed by atoms with Gasteiger partial charge in [0.25, 0.3) is 5.91 Å². The van der Waals surface area contributed by atoms with Gasteiger partial charge in [0.15, 0.2) is 11.5 Å². The number of carbonyl (C=O) groups excluding carboxylic acids is 1. The van der Waals surface area contributed by atoms with Crippen LogP contribution in [0, 0.1) is 6.92 Å². The van der Waals surface area contributed by atoms with E-state index in [-0.39, 0.29) is 11.7 Å². The lowest BCUT2D eigenvalue weighted by molar-refractivity contribution is -0.135. The number of hydrogen-bond donors (Lipinski definition) is 3. The zero-order valence-corrected chi connectivity index (χ0v) is 17.7. The number of methoxy groups -OCH3 is 1. The first-order chi connectivity index (χ1) is 14.2. The van der Waals surface area contributed by atoms with E-state index in [2.05, 4.69) is 5.32 Å². The average molecular weight is 413 g/mol. The van der Waals surface area contributed by atoms with Crippen LogP contribution in [0.5, 0.6) is 23.0 Å². The van der Waals surface area contributed by atoms with Gasteiger partial charge in [-0.1, -0.05) is 13.8 Å². The molecule has 2 aromatic rings. The molecule has 0 aromatic heterocycles. The van der Waals surface area contributed by atoms with E-state index < -0.39 is 18.4 Å². The van der Waals surface area contributed by atoms with Crippen LogP contribution in [0.25, 0.3) is 0 Å². The first-order valence-corrected chi connectivity index (χ1v) is 9.97. The molecule has 0 aliphatic heterocycles. The SMILES string of the molecule is COc1c(Oc2c(C)cc(C(=O)NCC(=O)O)c3c2CCC3)ccc(O)c1C(C)C. The molecule has 0 unspecified atom stereocenters. The molecular formula is C23H27NO6. The highest BCUT2D eigenvalue weighted by Crippen LogP contribution is 2.45. The summed E-state index contributed by atoms with van der Waals surface area (Å²) >= 11 is 0. The number of aliphatic carboxylic acids is 1. The van der Waals surface area contributed by atoms with Crippen LogP contribution in [0.3, 0.4) is 0 Å². The monoisotopic (exact) mass is 413 g/mol. The van der Waals surface area contributed by atoms with E-state index in [1.165, 1.54) is 0 Å². The molecule has 7 heteroatoms. The summed E-state index contributed by atoms with van der Waals surface area (Å²) < 4.78 is 11.9. The fourth-order valence-corrected chi connectivity index (χ4v) is 4.02. The number of benzene rings is 2. The lowest BCUT2D eigenvalue weighted by Crippen LogP contribution is -2.30. The summed E-state index contributed by atoms with van der Waals surface area (Å²) in [6.07, 6.45) is 2.38.